The number of fused-ring (bicyclic) bond motifs is 2. The molecule has 6 atom stereocenters. The molecule has 0 unspecified atom stereocenters. The molecule has 4 saturated heterocycles. The molecule has 1 spiro atoms. The number of aliphatic hydroxyl groups excluding tert-OH is 1. The molecule has 0 aliphatic carbocycles. The lowest BCUT2D eigenvalue weighted by Gasteiger charge is -2.46. The highest BCUT2D eigenvalue weighted by atomic mass is 19.4. The monoisotopic (exact) mass is 528 g/mol. The minimum absolute atomic E-state index is 0.0303. The molecule has 0 radical (unpaired) electrons. The first-order valence-corrected chi connectivity index (χ1v) is 12.2. The van der Waals surface area contributed by atoms with Gasteiger partial charge in [0.15, 0.2) is 5.41 Å². The molecule has 6 rings (SSSR count). The zero-order valence-electron chi connectivity index (χ0n) is 20.2. The van der Waals surface area contributed by atoms with Gasteiger partial charge >= 0.3 is 12.1 Å². The van der Waals surface area contributed by atoms with Gasteiger partial charge in [-0.15, -0.1) is 0 Å². The van der Waals surface area contributed by atoms with Crippen molar-refractivity contribution in [3.8, 4) is 6.07 Å². The summed E-state index contributed by atoms with van der Waals surface area (Å²) in [6.07, 6.45) is -6.90. The van der Waals surface area contributed by atoms with Crippen LogP contribution in [0.4, 0.5) is 18.9 Å². The Morgan fingerprint density at radius 1 is 1.26 bits per heavy atom. The molecule has 2 aromatic carbocycles. The predicted molar refractivity (Wildman–Crippen MR) is 123 cm³/mol. The fourth-order valence-corrected chi connectivity index (χ4v) is 6.98. The Morgan fingerprint density at radius 3 is 2.68 bits per heavy atom. The van der Waals surface area contributed by atoms with Crippen molar-refractivity contribution in [2.24, 2.45) is 11.3 Å². The third-order valence-corrected chi connectivity index (χ3v) is 8.51. The summed E-state index contributed by atoms with van der Waals surface area (Å²) in [4.78, 5) is 29.4. The summed E-state index contributed by atoms with van der Waals surface area (Å²) in [6.45, 7) is 1.48. The van der Waals surface area contributed by atoms with E-state index >= 15 is 0 Å². The van der Waals surface area contributed by atoms with Crippen LogP contribution < -0.4 is 4.90 Å². The van der Waals surface area contributed by atoms with Gasteiger partial charge < -0.3 is 19.3 Å². The molecule has 2 aromatic rings. The maximum atomic E-state index is 14.4. The van der Waals surface area contributed by atoms with Crippen molar-refractivity contribution in [1.29, 1.82) is 5.26 Å². The van der Waals surface area contributed by atoms with Gasteiger partial charge in [-0.1, -0.05) is 30.3 Å². The highest BCUT2D eigenvalue weighted by Gasteiger charge is 2.88. The van der Waals surface area contributed by atoms with Gasteiger partial charge in [0.1, 0.15) is 18.4 Å². The number of ether oxygens (including phenoxy) is 3. The number of rotatable bonds is 4. The largest absolute Gasteiger partial charge is 0.460 e. The topological polar surface area (TPSA) is 109 Å². The first-order valence-electron chi connectivity index (χ1n) is 12.2. The predicted octanol–water partition coefficient (Wildman–Crippen LogP) is 3.31. The zero-order chi connectivity index (χ0) is 27.1. The minimum atomic E-state index is -4.86. The van der Waals surface area contributed by atoms with Gasteiger partial charge in [0, 0.05) is 18.5 Å². The maximum Gasteiger partial charge on any atom is 0.417 e. The van der Waals surface area contributed by atoms with Crippen molar-refractivity contribution in [2.75, 3.05) is 11.5 Å². The number of nitriles is 1. The molecular weight excluding hydrogens is 505 g/mol. The molecule has 1 amide bonds. The van der Waals surface area contributed by atoms with E-state index in [0.717, 1.165) is 11.0 Å². The van der Waals surface area contributed by atoms with E-state index in [1.807, 2.05) is 0 Å². The fourth-order valence-electron chi connectivity index (χ4n) is 6.98. The third-order valence-electron chi connectivity index (χ3n) is 8.51. The highest BCUT2D eigenvalue weighted by molar-refractivity contribution is 6.15. The van der Waals surface area contributed by atoms with Gasteiger partial charge in [0.05, 0.1) is 41.4 Å². The highest BCUT2D eigenvalue weighted by Crippen LogP contribution is 2.71. The normalized spacial score (nSPS) is 35.2. The third kappa shape index (κ3) is 3.02. The molecule has 4 heterocycles. The Morgan fingerprint density at radius 2 is 2.00 bits per heavy atom. The second-order valence-corrected chi connectivity index (χ2v) is 10.4. The molecule has 8 nitrogen and oxygen atoms in total. The van der Waals surface area contributed by atoms with Crippen LogP contribution in [0.25, 0.3) is 0 Å². The molecule has 198 valence electrons. The number of carbonyl (C=O) groups excluding carboxylic acids is 2. The summed E-state index contributed by atoms with van der Waals surface area (Å²) >= 11 is 0. The van der Waals surface area contributed by atoms with Crippen LogP contribution in [0.2, 0.25) is 0 Å². The number of nitrogens with zero attached hydrogens (tertiary/aromatic N) is 2. The lowest BCUT2D eigenvalue weighted by Crippen LogP contribution is -2.63. The lowest BCUT2D eigenvalue weighted by molar-refractivity contribution is -0.177. The van der Waals surface area contributed by atoms with Crippen molar-refractivity contribution in [1.82, 2.24) is 0 Å². The fraction of sp³-hybridized carbons (Fsp3) is 0.444. The van der Waals surface area contributed by atoms with Gasteiger partial charge in [-0.25, -0.2) is 0 Å². The molecular formula is C27H23F3N2O6. The average molecular weight is 528 g/mol. The Hall–Kier alpha value is -3.46. The number of halogens is 3. The van der Waals surface area contributed by atoms with E-state index in [9.17, 15) is 33.1 Å². The summed E-state index contributed by atoms with van der Waals surface area (Å²) in [6, 6.07) is 13.3. The Balaban J connectivity index is 1.48. The lowest BCUT2D eigenvalue weighted by atomic mass is 9.55. The number of anilines is 1. The summed E-state index contributed by atoms with van der Waals surface area (Å²) < 4.78 is 59.3. The van der Waals surface area contributed by atoms with E-state index in [-0.39, 0.29) is 31.7 Å². The number of amides is 1. The van der Waals surface area contributed by atoms with Crippen molar-refractivity contribution in [3.63, 3.8) is 0 Å². The van der Waals surface area contributed by atoms with Crippen molar-refractivity contribution in [3.05, 3.63) is 65.2 Å². The number of alkyl halides is 3. The molecule has 4 aliphatic heterocycles. The summed E-state index contributed by atoms with van der Waals surface area (Å²) in [5, 5.41) is 20.3. The molecule has 1 N–H and O–H groups in total. The minimum Gasteiger partial charge on any atom is -0.460 e. The van der Waals surface area contributed by atoms with E-state index < -0.39 is 64.0 Å². The maximum absolute atomic E-state index is 14.4. The molecule has 11 heteroatoms. The molecule has 4 aliphatic rings. The van der Waals surface area contributed by atoms with Crippen LogP contribution in [0.15, 0.2) is 48.5 Å². The van der Waals surface area contributed by atoms with Gasteiger partial charge in [0.25, 0.3) is 0 Å². The van der Waals surface area contributed by atoms with Gasteiger partial charge in [-0.3, -0.25) is 14.5 Å². The number of benzene rings is 2. The van der Waals surface area contributed by atoms with Crippen LogP contribution in [-0.4, -0.2) is 47.1 Å². The van der Waals surface area contributed by atoms with Crippen molar-refractivity contribution in [2.45, 2.75) is 56.1 Å². The van der Waals surface area contributed by atoms with Crippen molar-refractivity contribution >= 4 is 17.6 Å². The van der Waals surface area contributed by atoms with Crippen LogP contribution >= 0.6 is 0 Å². The SMILES string of the molecule is C[C@@]12C[C@H](O)[C@]3(CCO[C@H]4[C@@H]3[C@]1(C(=O)OCc1ccccc1)C(=O)N4c1ccc(C#N)c(C(F)(F)F)c1)O2. The van der Waals surface area contributed by atoms with Crippen molar-refractivity contribution < 1.29 is 42.1 Å². The van der Waals surface area contributed by atoms with Gasteiger partial charge in [0.2, 0.25) is 5.91 Å². The first kappa shape index (κ1) is 24.9. The second-order valence-electron chi connectivity index (χ2n) is 10.4. The zero-order valence-corrected chi connectivity index (χ0v) is 20.2. The second kappa shape index (κ2) is 8.02. The molecule has 4 fully saturated rings. The summed E-state index contributed by atoms with van der Waals surface area (Å²) in [5.74, 6) is -2.73. The van der Waals surface area contributed by atoms with E-state index in [1.165, 1.54) is 12.1 Å². The number of esters is 1. The van der Waals surface area contributed by atoms with E-state index in [2.05, 4.69) is 0 Å². The van der Waals surface area contributed by atoms with Gasteiger partial charge in [-0.2, -0.15) is 18.4 Å². The van der Waals surface area contributed by atoms with E-state index in [4.69, 9.17) is 14.2 Å². The van der Waals surface area contributed by atoms with Gasteiger partial charge in [-0.05, 0) is 30.7 Å². The van der Waals surface area contributed by atoms with Crippen LogP contribution in [0.1, 0.15) is 36.5 Å². The average Bonchev–Trinajstić information content (AvgIpc) is 3.41. The number of carbonyl (C=O) groups is 2. The standard InChI is InChI=1S/C27H23F3N2O6/c1-24-12-19(33)25(38-24)9-10-36-21-20(25)26(24,23(35)37-14-15-5-3-2-4-6-15)22(34)32(21)17-8-7-16(13-31)18(11-17)27(28,29)30/h2-8,11,19-21,33H,9-10,12,14H2,1H3/t19-,20-,21-,24+,25-,26+/m0/s1. The van der Waals surface area contributed by atoms with Crippen LogP contribution in [-0.2, 0) is 36.6 Å². The van der Waals surface area contributed by atoms with Crippen LogP contribution in [0.5, 0.6) is 0 Å². The Kier molecular flexibility index (Phi) is 5.25. The Bertz CT molecular complexity index is 1380. The van der Waals surface area contributed by atoms with E-state index in [0.29, 0.717) is 11.6 Å². The number of aliphatic hydroxyl groups is 1. The van der Waals surface area contributed by atoms with Crippen LogP contribution in [0, 0.1) is 22.7 Å². The summed E-state index contributed by atoms with van der Waals surface area (Å²) in [5.41, 5.74) is -6.06. The Labute approximate surface area is 215 Å². The molecule has 0 aromatic heterocycles. The summed E-state index contributed by atoms with van der Waals surface area (Å²) in [7, 11) is 0. The quantitative estimate of drug-likeness (QED) is 0.479. The molecule has 2 bridgehead atoms. The molecule has 38 heavy (non-hydrogen) atoms. The number of hydrogen-bond donors (Lipinski definition) is 1. The smallest absolute Gasteiger partial charge is 0.417 e. The first-order chi connectivity index (χ1) is 18.0. The van der Waals surface area contributed by atoms with E-state index in [1.54, 1.807) is 37.3 Å². The number of hydrogen-bond acceptors (Lipinski definition) is 7. The van der Waals surface area contributed by atoms with Crippen LogP contribution in [0.3, 0.4) is 0 Å². The molecule has 0 saturated carbocycles.